The molecule has 7 heteroatoms. The molecule has 70 valence electrons. The van der Waals surface area contributed by atoms with Crippen molar-refractivity contribution in [2.24, 2.45) is 4.99 Å². The molecule has 5 nitrogen and oxygen atoms in total. The zero-order chi connectivity index (χ0) is 9.61. The van der Waals surface area contributed by atoms with Crippen LogP contribution in [0.3, 0.4) is 0 Å². The van der Waals surface area contributed by atoms with Crippen LogP contribution in [0.1, 0.15) is 0 Å². The number of aliphatic imine (C=N–C) groups is 1. The standard InChI is InChI=1S/C5H10INO4Si/c1-9-12(10-2,11-3)5(6)7-4-8/h5H,1-3H3. The van der Waals surface area contributed by atoms with E-state index < -0.39 is 12.5 Å². The number of alkyl halides is 1. The summed E-state index contributed by atoms with van der Waals surface area (Å²) in [5.41, 5.74) is 0. The second-order valence-corrected chi connectivity index (χ2v) is 7.11. The molecule has 1 atom stereocenters. The van der Waals surface area contributed by atoms with Gasteiger partial charge in [0.05, 0.1) is 0 Å². The number of rotatable bonds is 5. The molecule has 0 amide bonds. The van der Waals surface area contributed by atoms with E-state index in [9.17, 15) is 4.79 Å². The molecule has 0 rings (SSSR count). The molecule has 0 aromatic heterocycles. The van der Waals surface area contributed by atoms with Crippen molar-refractivity contribution in [2.75, 3.05) is 21.3 Å². The van der Waals surface area contributed by atoms with Crippen LogP contribution in [-0.2, 0) is 18.1 Å². The third-order valence-corrected chi connectivity index (χ3v) is 6.30. The van der Waals surface area contributed by atoms with Gasteiger partial charge in [0.2, 0.25) is 6.08 Å². The van der Waals surface area contributed by atoms with Gasteiger partial charge in [-0.1, -0.05) is 22.6 Å². The van der Waals surface area contributed by atoms with Gasteiger partial charge in [0.1, 0.15) is 0 Å². The Balaban J connectivity index is 4.56. The van der Waals surface area contributed by atoms with E-state index >= 15 is 0 Å². The Hall–Kier alpha value is 0.207. The molecule has 0 aromatic rings. The molecule has 0 radical (unpaired) electrons. The smallest absolute Gasteiger partial charge is 0.375 e. The molecule has 0 spiro atoms. The van der Waals surface area contributed by atoms with E-state index in [2.05, 4.69) is 4.99 Å². The van der Waals surface area contributed by atoms with E-state index in [1.54, 1.807) is 0 Å². The zero-order valence-electron chi connectivity index (χ0n) is 7.04. The molecule has 0 aliphatic carbocycles. The molecule has 12 heavy (non-hydrogen) atoms. The minimum Gasteiger partial charge on any atom is -0.375 e. The van der Waals surface area contributed by atoms with Gasteiger partial charge in [-0.15, -0.1) is 0 Å². The third kappa shape index (κ3) is 2.61. The fraction of sp³-hybridized carbons (Fsp3) is 0.800. The highest BCUT2D eigenvalue weighted by molar-refractivity contribution is 14.1. The minimum absolute atomic E-state index is 0.451. The molecule has 0 heterocycles. The predicted octanol–water partition coefficient (Wildman–Crippen LogP) is 0.501. The lowest BCUT2D eigenvalue weighted by Crippen LogP contribution is -2.50. The summed E-state index contributed by atoms with van der Waals surface area (Å²) in [6.45, 7) is 0. The largest absolute Gasteiger partial charge is 0.537 e. The van der Waals surface area contributed by atoms with E-state index in [-0.39, 0.29) is 0 Å². The molecular weight excluding hydrogens is 293 g/mol. The Kier molecular flexibility index (Phi) is 5.88. The fourth-order valence-corrected chi connectivity index (χ4v) is 4.36. The summed E-state index contributed by atoms with van der Waals surface area (Å²) < 4.78 is 14.7. The summed E-state index contributed by atoms with van der Waals surface area (Å²) >= 11 is 1.91. The van der Waals surface area contributed by atoms with Crippen molar-refractivity contribution in [3.8, 4) is 0 Å². The third-order valence-electron chi connectivity index (χ3n) is 1.31. The first-order valence-corrected chi connectivity index (χ1v) is 6.08. The van der Waals surface area contributed by atoms with Gasteiger partial charge in [0, 0.05) is 21.3 Å². The van der Waals surface area contributed by atoms with E-state index in [0.29, 0.717) is 0 Å². The van der Waals surface area contributed by atoms with Crippen molar-refractivity contribution in [1.82, 2.24) is 0 Å². The Bertz CT molecular complexity index is 172. The zero-order valence-corrected chi connectivity index (χ0v) is 10.2. The lowest BCUT2D eigenvalue weighted by molar-refractivity contribution is 0.123. The topological polar surface area (TPSA) is 57.1 Å². The summed E-state index contributed by atoms with van der Waals surface area (Å²) in [5.74, 6) is 0. The molecule has 0 aromatic carbocycles. The van der Waals surface area contributed by atoms with Crippen molar-refractivity contribution in [3.63, 3.8) is 0 Å². The first kappa shape index (κ1) is 12.2. The summed E-state index contributed by atoms with van der Waals surface area (Å²) in [4.78, 5) is 13.4. The number of hydrogen-bond acceptors (Lipinski definition) is 5. The van der Waals surface area contributed by atoms with Gasteiger partial charge in [0.15, 0.2) is 3.67 Å². The highest BCUT2D eigenvalue weighted by Gasteiger charge is 2.46. The molecule has 0 fully saturated rings. The van der Waals surface area contributed by atoms with Crippen molar-refractivity contribution in [2.45, 2.75) is 3.67 Å². The van der Waals surface area contributed by atoms with Gasteiger partial charge in [-0.05, 0) is 0 Å². The highest BCUT2D eigenvalue weighted by Crippen LogP contribution is 2.19. The number of halogens is 1. The second kappa shape index (κ2) is 5.78. The summed E-state index contributed by atoms with van der Waals surface area (Å²) in [7, 11) is 1.61. The van der Waals surface area contributed by atoms with Crippen molar-refractivity contribution in [3.05, 3.63) is 0 Å². The fourth-order valence-electron chi connectivity index (χ4n) is 0.667. The van der Waals surface area contributed by atoms with Gasteiger partial charge >= 0.3 is 8.80 Å². The van der Waals surface area contributed by atoms with E-state index in [0.717, 1.165) is 0 Å². The Morgan fingerprint density at radius 3 is 2.00 bits per heavy atom. The lowest BCUT2D eigenvalue weighted by Gasteiger charge is -2.25. The van der Waals surface area contributed by atoms with Crippen LogP contribution >= 0.6 is 22.6 Å². The van der Waals surface area contributed by atoms with Crippen LogP contribution in [0.2, 0.25) is 0 Å². The van der Waals surface area contributed by atoms with E-state index in [4.69, 9.17) is 13.3 Å². The second-order valence-electron chi connectivity index (χ2n) is 1.77. The van der Waals surface area contributed by atoms with Crippen LogP contribution < -0.4 is 0 Å². The maximum absolute atomic E-state index is 9.97. The van der Waals surface area contributed by atoms with Crippen molar-refractivity contribution in [1.29, 1.82) is 0 Å². The normalized spacial score (nSPS) is 13.7. The van der Waals surface area contributed by atoms with Crippen LogP contribution in [0, 0.1) is 0 Å². The first-order valence-electron chi connectivity index (χ1n) is 3.03. The highest BCUT2D eigenvalue weighted by atomic mass is 127. The molecule has 1 unspecified atom stereocenters. The monoisotopic (exact) mass is 303 g/mol. The quantitative estimate of drug-likeness (QED) is 0.185. The van der Waals surface area contributed by atoms with Crippen LogP contribution in [0.4, 0.5) is 0 Å². The van der Waals surface area contributed by atoms with Crippen LogP contribution in [0.25, 0.3) is 0 Å². The average molecular weight is 303 g/mol. The number of nitrogens with zero attached hydrogens (tertiary/aromatic N) is 1. The Morgan fingerprint density at radius 1 is 1.33 bits per heavy atom. The molecule has 0 saturated heterocycles. The molecule has 0 N–H and O–H groups in total. The average Bonchev–Trinajstić information content (AvgIpc) is 2.09. The number of hydrogen-bond donors (Lipinski definition) is 0. The summed E-state index contributed by atoms with van der Waals surface area (Å²) in [6.07, 6.45) is 1.44. The molecule has 0 bridgehead atoms. The number of carbonyl (C=O) groups excluding carboxylic acids is 1. The Labute approximate surface area is 85.6 Å². The maximum Gasteiger partial charge on any atom is 0.537 e. The lowest BCUT2D eigenvalue weighted by atomic mass is 11.4. The maximum atomic E-state index is 9.97. The van der Waals surface area contributed by atoms with Crippen molar-refractivity contribution < 1.29 is 18.1 Å². The van der Waals surface area contributed by atoms with Crippen LogP contribution in [0.5, 0.6) is 0 Å². The van der Waals surface area contributed by atoms with Crippen LogP contribution in [-0.4, -0.2) is 39.9 Å². The van der Waals surface area contributed by atoms with E-state index in [1.807, 2.05) is 22.6 Å². The molecular formula is C5H10INO4Si. The first-order chi connectivity index (χ1) is 5.66. The molecule has 0 saturated carbocycles. The van der Waals surface area contributed by atoms with Crippen molar-refractivity contribution >= 4 is 37.5 Å². The van der Waals surface area contributed by atoms with E-state index in [1.165, 1.54) is 27.4 Å². The van der Waals surface area contributed by atoms with Gasteiger partial charge in [-0.3, -0.25) is 0 Å². The Morgan fingerprint density at radius 2 is 1.75 bits per heavy atom. The molecule has 0 aliphatic rings. The number of isocyanates is 1. The minimum atomic E-state index is -2.78. The SMILES string of the molecule is CO[Si](OC)(OC)C(I)N=C=O. The van der Waals surface area contributed by atoms with Gasteiger partial charge in [-0.2, -0.15) is 4.99 Å². The summed E-state index contributed by atoms with van der Waals surface area (Å²) in [5, 5.41) is 0. The van der Waals surface area contributed by atoms with Gasteiger partial charge in [-0.25, -0.2) is 4.79 Å². The predicted molar refractivity (Wildman–Crippen MR) is 52.7 cm³/mol. The van der Waals surface area contributed by atoms with Gasteiger partial charge < -0.3 is 13.3 Å². The summed E-state index contributed by atoms with van der Waals surface area (Å²) in [6, 6.07) is 0. The van der Waals surface area contributed by atoms with Crippen LogP contribution in [0.15, 0.2) is 4.99 Å². The van der Waals surface area contributed by atoms with Gasteiger partial charge in [0.25, 0.3) is 0 Å². The molecule has 0 aliphatic heterocycles.